The summed E-state index contributed by atoms with van der Waals surface area (Å²) >= 11 is 0. The zero-order valence-corrected chi connectivity index (χ0v) is 21.0. The molecular formula is C28H33N3O4. The number of rotatable bonds is 6. The summed E-state index contributed by atoms with van der Waals surface area (Å²) in [6.07, 6.45) is 0.506. The summed E-state index contributed by atoms with van der Waals surface area (Å²) < 4.78 is 7.44. The highest BCUT2D eigenvalue weighted by molar-refractivity contribution is 5.70. The maximum atomic E-state index is 13.3. The van der Waals surface area contributed by atoms with Gasteiger partial charge in [-0.3, -0.25) is 4.79 Å². The van der Waals surface area contributed by atoms with Gasteiger partial charge in [0.1, 0.15) is 5.60 Å². The van der Waals surface area contributed by atoms with Crippen LogP contribution in [0.25, 0.3) is 11.3 Å². The molecule has 2 heterocycles. The number of amides is 1. The third-order valence-corrected chi connectivity index (χ3v) is 6.71. The minimum absolute atomic E-state index is 0.142. The Hall–Kier alpha value is -3.45. The van der Waals surface area contributed by atoms with Crippen molar-refractivity contribution in [3.63, 3.8) is 0 Å². The zero-order valence-electron chi connectivity index (χ0n) is 21.0. The van der Waals surface area contributed by atoms with Gasteiger partial charge in [0.05, 0.1) is 17.3 Å². The molecule has 0 radical (unpaired) electrons. The molecule has 7 nitrogen and oxygen atoms in total. The zero-order chi connectivity index (χ0) is 25.4. The molecule has 0 spiro atoms. The van der Waals surface area contributed by atoms with E-state index in [1.54, 1.807) is 31.9 Å². The third-order valence-electron chi connectivity index (χ3n) is 6.71. The van der Waals surface area contributed by atoms with E-state index < -0.39 is 17.3 Å². The Bertz CT molecular complexity index is 1260. The molecule has 1 N–H and O–H groups in total. The van der Waals surface area contributed by atoms with Crippen molar-refractivity contribution in [2.75, 3.05) is 6.54 Å². The molecule has 7 heteroatoms. The first-order valence-corrected chi connectivity index (χ1v) is 11.9. The average Bonchev–Trinajstić information content (AvgIpc) is 2.81. The highest BCUT2D eigenvalue weighted by Crippen LogP contribution is 2.42. The molecule has 1 aliphatic rings. The molecule has 3 aromatic rings. The molecule has 35 heavy (non-hydrogen) atoms. The summed E-state index contributed by atoms with van der Waals surface area (Å²) in [6.45, 7) is 7.84. The fraction of sp³-hybridized carbons (Fsp3) is 0.393. The summed E-state index contributed by atoms with van der Waals surface area (Å²) in [4.78, 5) is 26.8. The Kier molecular flexibility index (Phi) is 6.56. The van der Waals surface area contributed by atoms with Crippen molar-refractivity contribution in [1.29, 1.82) is 0 Å². The van der Waals surface area contributed by atoms with Crippen LogP contribution >= 0.6 is 0 Å². The molecule has 1 amide bonds. The molecule has 0 bridgehead atoms. The number of aryl methyl sites for hydroxylation is 2. The molecule has 1 aliphatic heterocycles. The molecule has 2 aromatic carbocycles. The summed E-state index contributed by atoms with van der Waals surface area (Å²) in [7, 11) is 1.64. The van der Waals surface area contributed by atoms with Gasteiger partial charge in [0.15, 0.2) is 0 Å². The Labute approximate surface area is 206 Å². The number of ether oxygens (including phenoxy) is 1. The van der Waals surface area contributed by atoms with E-state index in [9.17, 15) is 14.7 Å². The second-order valence-corrected chi connectivity index (χ2v) is 10.1. The van der Waals surface area contributed by atoms with Crippen molar-refractivity contribution in [2.24, 2.45) is 7.05 Å². The van der Waals surface area contributed by atoms with Gasteiger partial charge in [-0.25, -0.2) is 9.48 Å². The third kappa shape index (κ3) is 5.15. The van der Waals surface area contributed by atoms with E-state index in [-0.39, 0.29) is 11.6 Å². The Morgan fingerprint density at radius 2 is 1.77 bits per heavy atom. The van der Waals surface area contributed by atoms with Crippen LogP contribution in [0.2, 0.25) is 0 Å². The molecule has 1 unspecified atom stereocenters. The first-order chi connectivity index (χ1) is 16.5. The summed E-state index contributed by atoms with van der Waals surface area (Å²) in [6, 6.07) is 18.9. The molecule has 184 valence electrons. The second-order valence-electron chi connectivity index (χ2n) is 10.1. The van der Waals surface area contributed by atoms with Crippen LogP contribution in [0.15, 0.2) is 65.5 Å². The van der Waals surface area contributed by atoms with E-state index in [0.717, 1.165) is 27.9 Å². The van der Waals surface area contributed by atoms with E-state index in [0.29, 0.717) is 19.4 Å². The number of hydrogen-bond acceptors (Lipinski definition) is 5. The lowest BCUT2D eigenvalue weighted by atomic mass is 9.80. The van der Waals surface area contributed by atoms with Gasteiger partial charge in [0.2, 0.25) is 0 Å². The van der Waals surface area contributed by atoms with Crippen LogP contribution in [-0.2, 0) is 17.4 Å². The monoisotopic (exact) mass is 475 g/mol. The second kappa shape index (κ2) is 9.30. The van der Waals surface area contributed by atoms with Crippen molar-refractivity contribution in [3.05, 3.63) is 87.7 Å². The van der Waals surface area contributed by atoms with Gasteiger partial charge < -0.3 is 14.7 Å². The number of benzene rings is 2. The Morgan fingerprint density at radius 3 is 2.37 bits per heavy atom. The SMILES string of the molecule is Cc1cc(=O)n(C)nc1-c1ccc([C@H](C)N2CCC(CC(C)(C)O)(c3ccccc3)OC2=O)cc1. The van der Waals surface area contributed by atoms with Crippen LogP contribution in [0, 0.1) is 6.92 Å². The highest BCUT2D eigenvalue weighted by Gasteiger charge is 2.46. The van der Waals surface area contributed by atoms with Crippen LogP contribution < -0.4 is 5.56 Å². The van der Waals surface area contributed by atoms with Crippen molar-refractivity contribution in [2.45, 2.75) is 57.8 Å². The largest absolute Gasteiger partial charge is 0.438 e. The molecule has 2 atom stereocenters. The molecule has 4 rings (SSSR count). The summed E-state index contributed by atoms with van der Waals surface area (Å²) in [5.74, 6) is 0. The van der Waals surface area contributed by atoms with Crippen LogP contribution in [-0.4, -0.2) is 38.0 Å². The van der Waals surface area contributed by atoms with E-state index in [1.807, 2.05) is 68.4 Å². The number of carbonyl (C=O) groups excluding carboxylic acids is 1. The lowest BCUT2D eigenvalue weighted by Crippen LogP contribution is -2.51. The maximum Gasteiger partial charge on any atom is 0.411 e. The molecule has 1 fully saturated rings. The van der Waals surface area contributed by atoms with Crippen LogP contribution in [0.1, 0.15) is 56.3 Å². The fourth-order valence-electron chi connectivity index (χ4n) is 4.90. The van der Waals surface area contributed by atoms with Gasteiger partial charge in [-0.15, -0.1) is 0 Å². The lowest BCUT2D eigenvalue weighted by molar-refractivity contribution is -0.101. The summed E-state index contributed by atoms with van der Waals surface area (Å²) in [5.41, 5.74) is 2.34. The van der Waals surface area contributed by atoms with Crippen molar-refractivity contribution >= 4 is 6.09 Å². The predicted molar refractivity (Wildman–Crippen MR) is 135 cm³/mol. The normalized spacial score (nSPS) is 19.4. The number of aromatic nitrogens is 2. The number of cyclic esters (lactones) is 1. The van der Waals surface area contributed by atoms with Gasteiger partial charge in [0, 0.05) is 38.1 Å². The first kappa shape index (κ1) is 24.7. The van der Waals surface area contributed by atoms with E-state index in [4.69, 9.17) is 4.74 Å². The molecule has 0 aliphatic carbocycles. The first-order valence-electron chi connectivity index (χ1n) is 11.9. The standard InChI is InChI=1S/C28H33N3O4/c1-19-17-24(32)30(5)29-25(19)22-13-11-21(12-14-22)20(2)31-16-15-28(35-26(31)33,18-27(3,4)34)23-9-7-6-8-10-23/h6-14,17,20,34H,15-16,18H2,1-5H3/t20-,28?/m0/s1. The van der Waals surface area contributed by atoms with Crippen molar-refractivity contribution in [1.82, 2.24) is 14.7 Å². The van der Waals surface area contributed by atoms with Crippen LogP contribution in [0.5, 0.6) is 0 Å². The predicted octanol–water partition coefficient (Wildman–Crippen LogP) is 4.72. The van der Waals surface area contributed by atoms with Gasteiger partial charge in [-0.05, 0) is 44.4 Å². The van der Waals surface area contributed by atoms with Crippen LogP contribution in [0.3, 0.4) is 0 Å². The van der Waals surface area contributed by atoms with Gasteiger partial charge in [0.25, 0.3) is 5.56 Å². The van der Waals surface area contributed by atoms with Gasteiger partial charge in [-0.1, -0.05) is 54.6 Å². The Morgan fingerprint density at radius 1 is 1.11 bits per heavy atom. The highest BCUT2D eigenvalue weighted by atomic mass is 16.6. The minimum Gasteiger partial charge on any atom is -0.438 e. The number of aliphatic hydroxyl groups is 1. The quantitative estimate of drug-likeness (QED) is 0.558. The summed E-state index contributed by atoms with van der Waals surface area (Å²) in [5, 5.41) is 15.0. The lowest BCUT2D eigenvalue weighted by Gasteiger charge is -2.45. The molecule has 0 saturated carbocycles. The topological polar surface area (TPSA) is 84.7 Å². The number of hydrogen-bond donors (Lipinski definition) is 1. The number of nitrogens with zero attached hydrogens (tertiary/aromatic N) is 3. The smallest absolute Gasteiger partial charge is 0.411 e. The van der Waals surface area contributed by atoms with Gasteiger partial charge >= 0.3 is 6.09 Å². The molecule has 1 aromatic heterocycles. The van der Waals surface area contributed by atoms with E-state index >= 15 is 0 Å². The van der Waals surface area contributed by atoms with E-state index in [2.05, 4.69) is 5.10 Å². The van der Waals surface area contributed by atoms with E-state index in [1.165, 1.54) is 4.68 Å². The Balaban J connectivity index is 1.55. The van der Waals surface area contributed by atoms with Gasteiger partial charge in [-0.2, -0.15) is 5.10 Å². The van der Waals surface area contributed by atoms with Crippen molar-refractivity contribution < 1.29 is 14.6 Å². The molecule has 1 saturated heterocycles. The average molecular weight is 476 g/mol. The molecular weight excluding hydrogens is 442 g/mol. The minimum atomic E-state index is -0.993. The number of carbonyl (C=O) groups is 1. The maximum absolute atomic E-state index is 13.3. The van der Waals surface area contributed by atoms with Crippen LogP contribution in [0.4, 0.5) is 4.79 Å². The fourth-order valence-corrected chi connectivity index (χ4v) is 4.90. The van der Waals surface area contributed by atoms with Crippen molar-refractivity contribution in [3.8, 4) is 11.3 Å².